The van der Waals surface area contributed by atoms with E-state index in [0.29, 0.717) is 18.7 Å². The number of urea groups is 1. The van der Waals surface area contributed by atoms with Crippen molar-refractivity contribution in [2.24, 2.45) is 11.7 Å². The maximum absolute atomic E-state index is 14.2. The molecule has 0 spiro atoms. The number of hydrogen-bond acceptors (Lipinski definition) is 6. The Labute approximate surface area is 238 Å². The number of anilines is 1. The third kappa shape index (κ3) is 6.67. The summed E-state index contributed by atoms with van der Waals surface area (Å²) in [5, 5.41) is 12.0. The van der Waals surface area contributed by atoms with Gasteiger partial charge in [-0.3, -0.25) is 9.59 Å². The van der Waals surface area contributed by atoms with Crippen molar-refractivity contribution in [2.75, 3.05) is 18.4 Å². The quantitative estimate of drug-likeness (QED) is 0.435. The van der Waals surface area contributed by atoms with E-state index in [1.54, 1.807) is 37.8 Å². The summed E-state index contributed by atoms with van der Waals surface area (Å²) >= 11 is 0. The number of benzene rings is 2. The molecule has 41 heavy (non-hydrogen) atoms. The van der Waals surface area contributed by atoms with E-state index >= 15 is 0 Å². The Kier molecular flexibility index (Phi) is 8.65. The lowest BCUT2D eigenvalue weighted by Crippen LogP contribution is -2.45. The predicted molar refractivity (Wildman–Crippen MR) is 150 cm³/mol. The van der Waals surface area contributed by atoms with Crippen LogP contribution in [-0.2, 0) is 25.5 Å². The van der Waals surface area contributed by atoms with Gasteiger partial charge in [-0.05, 0) is 57.2 Å². The van der Waals surface area contributed by atoms with Gasteiger partial charge >= 0.3 is 18.0 Å². The lowest BCUT2D eigenvalue weighted by molar-refractivity contribution is -0.164. The van der Waals surface area contributed by atoms with E-state index in [1.807, 2.05) is 18.2 Å². The first-order chi connectivity index (χ1) is 19.4. The molecule has 11 nitrogen and oxygen atoms in total. The van der Waals surface area contributed by atoms with Crippen LogP contribution in [0.4, 0.5) is 10.5 Å². The summed E-state index contributed by atoms with van der Waals surface area (Å²) in [7, 11) is 0. The Morgan fingerprint density at radius 2 is 1.66 bits per heavy atom. The minimum absolute atomic E-state index is 0.0805. The maximum atomic E-state index is 14.2. The zero-order valence-electron chi connectivity index (χ0n) is 23.5. The van der Waals surface area contributed by atoms with Crippen LogP contribution in [0.2, 0.25) is 0 Å². The number of nitrogens with two attached hydrogens (primary N) is 1. The molecule has 4 rings (SSSR count). The smallest absolute Gasteiger partial charge is 0.337 e. The topological polar surface area (TPSA) is 159 Å². The Morgan fingerprint density at radius 3 is 2.24 bits per heavy atom. The number of aromatic carboxylic acids is 1. The fourth-order valence-corrected chi connectivity index (χ4v) is 5.68. The van der Waals surface area contributed by atoms with Gasteiger partial charge in [0.1, 0.15) is 11.6 Å². The molecule has 11 heteroatoms. The molecule has 2 aromatic rings. The van der Waals surface area contributed by atoms with Crippen LogP contribution >= 0.6 is 0 Å². The van der Waals surface area contributed by atoms with Gasteiger partial charge in [-0.2, -0.15) is 0 Å². The second kappa shape index (κ2) is 12.0. The summed E-state index contributed by atoms with van der Waals surface area (Å²) in [5.41, 5.74) is 5.03. The number of rotatable bonds is 7. The van der Waals surface area contributed by atoms with Gasteiger partial charge in [0.25, 0.3) is 0 Å². The Morgan fingerprint density at radius 1 is 1.00 bits per heavy atom. The molecule has 0 radical (unpaired) electrons. The third-order valence-electron chi connectivity index (χ3n) is 7.31. The molecule has 0 saturated carbocycles. The number of esters is 1. The zero-order chi connectivity index (χ0) is 29.9. The van der Waals surface area contributed by atoms with Gasteiger partial charge in [0.15, 0.2) is 0 Å². The van der Waals surface area contributed by atoms with Crippen LogP contribution in [0.15, 0.2) is 48.5 Å². The minimum Gasteiger partial charge on any atom is -0.478 e. The van der Waals surface area contributed by atoms with E-state index in [2.05, 4.69) is 5.32 Å². The van der Waals surface area contributed by atoms with E-state index in [-0.39, 0.29) is 35.6 Å². The molecular formula is C30H36N4O7. The molecule has 4 amide bonds. The molecule has 3 atom stereocenters. The molecule has 0 bridgehead atoms. The van der Waals surface area contributed by atoms with Gasteiger partial charge in [0.2, 0.25) is 11.8 Å². The number of primary amides is 1. The molecule has 2 aliphatic heterocycles. The largest absolute Gasteiger partial charge is 0.478 e. The minimum atomic E-state index is -1.31. The van der Waals surface area contributed by atoms with Gasteiger partial charge in [-0.25, -0.2) is 14.4 Å². The van der Waals surface area contributed by atoms with Gasteiger partial charge in [0, 0.05) is 13.1 Å². The molecule has 3 unspecified atom stereocenters. The van der Waals surface area contributed by atoms with Crippen LogP contribution in [0, 0.1) is 5.92 Å². The number of carbonyl (C=O) groups excluding carboxylic acids is 4. The van der Waals surface area contributed by atoms with Crippen LogP contribution in [0.1, 0.15) is 67.6 Å². The van der Waals surface area contributed by atoms with Crippen molar-refractivity contribution in [1.82, 2.24) is 9.80 Å². The molecule has 0 aliphatic carbocycles. The lowest BCUT2D eigenvalue weighted by Gasteiger charge is -2.33. The molecule has 2 saturated heterocycles. The fraction of sp³-hybridized carbons (Fsp3) is 0.433. The highest BCUT2D eigenvalue weighted by atomic mass is 16.6. The summed E-state index contributed by atoms with van der Waals surface area (Å²) < 4.78 is 5.71. The first kappa shape index (κ1) is 29.6. The van der Waals surface area contributed by atoms with E-state index in [1.165, 1.54) is 23.1 Å². The standard InChI is InChI=1S/C30H36N4O7/c1-30(2,3)41-28(39)22-17-21(26(36)33-14-7-8-15-33)25(18-10-5-4-6-11-18)34(22)23(35)16-19-12-9-13-20(27(37)38)24(19)32-29(31)40/h4-6,9-13,21-22,25H,7-8,14-17H2,1-3H3,(H,37,38)(H3,31,32,40). The van der Waals surface area contributed by atoms with Gasteiger partial charge in [-0.15, -0.1) is 0 Å². The Balaban J connectivity index is 1.79. The molecule has 4 N–H and O–H groups in total. The number of carbonyl (C=O) groups is 5. The summed E-state index contributed by atoms with van der Waals surface area (Å²) in [6, 6.07) is 10.5. The van der Waals surface area contributed by atoms with E-state index < -0.39 is 47.5 Å². The van der Waals surface area contributed by atoms with E-state index in [0.717, 1.165) is 12.8 Å². The van der Waals surface area contributed by atoms with Crippen LogP contribution in [-0.4, -0.2) is 69.4 Å². The maximum Gasteiger partial charge on any atom is 0.337 e. The number of para-hydroxylation sites is 1. The average Bonchev–Trinajstić information content (AvgIpc) is 3.57. The summed E-state index contributed by atoms with van der Waals surface area (Å²) in [6.45, 7) is 6.42. The van der Waals surface area contributed by atoms with Crippen LogP contribution in [0.3, 0.4) is 0 Å². The Bertz CT molecular complexity index is 1330. The number of likely N-dealkylation sites (tertiary alicyclic amines) is 2. The SMILES string of the molecule is CC(C)(C)OC(=O)C1CC(C(=O)N2CCCC2)C(c2ccccc2)N1C(=O)Cc1cccc(C(=O)O)c1NC(N)=O. The van der Waals surface area contributed by atoms with Crippen molar-refractivity contribution in [3.05, 3.63) is 65.2 Å². The lowest BCUT2D eigenvalue weighted by atomic mass is 9.91. The fourth-order valence-electron chi connectivity index (χ4n) is 5.68. The molecule has 2 aliphatic rings. The van der Waals surface area contributed by atoms with Crippen LogP contribution in [0.5, 0.6) is 0 Å². The van der Waals surface area contributed by atoms with Crippen LogP contribution in [0.25, 0.3) is 0 Å². The number of carboxylic acid groups (broad SMARTS) is 1. The second-order valence-corrected chi connectivity index (χ2v) is 11.4. The summed E-state index contributed by atoms with van der Waals surface area (Å²) in [4.78, 5) is 68.3. The first-order valence-corrected chi connectivity index (χ1v) is 13.7. The van der Waals surface area contributed by atoms with Crippen LogP contribution < -0.4 is 11.1 Å². The van der Waals surface area contributed by atoms with Crippen molar-refractivity contribution in [3.8, 4) is 0 Å². The van der Waals surface area contributed by atoms with Crippen molar-refractivity contribution < 1.29 is 33.8 Å². The molecule has 0 aromatic heterocycles. The van der Waals surface area contributed by atoms with E-state index in [4.69, 9.17) is 10.5 Å². The van der Waals surface area contributed by atoms with Gasteiger partial charge < -0.3 is 30.7 Å². The average molecular weight is 565 g/mol. The molecule has 218 valence electrons. The highest BCUT2D eigenvalue weighted by molar-refractivity contribution is 6.01. The number of hydrogen-bond donors (Lipinski definition) is 3. The molecule has 2 aromatic carbocycles. The molecular weight excluding hydrogens is 528 g/mol. The number of amides is 4. The van der Waals surface area contributed by atoms with Gasteiger partial charge in [0.05, 0.1) is 29.6 Å². The highest BCUT2D eigenvalue weighted by Crippen LogP contribution is 2.44. The summed E-state index contributed by atoms with van der Waals surface area (Å²) in [6.07, 6.45) is 1.51. The second-order valence-electron chi connectivity index (χ2n) is 11.4. The van der Waals surface area contributed by atoms with Gasteiger partial charge in [-0.1, -0.05) is 42.5 Å². The van der Waals surface area contributed by atoms with Crippen molar-refractivity contribution >= 4 is 35.5 Å². The van der Waals surface area contributed by atoms with Crippen molar-refractivity contribution in [3.63, 3.8) is 0 Å². The normalized spacial score (nSPS) is 20.5. The number of nitrogens with one attached hydrogen (secondary N) is 1. The predicted octanol–water partition coefficient (Wildman–Crippen LogP) is 3.34. The zero-order valence-corrected chi connectivity index (χ0v) is 23.5. The summed E-state index contributed by atoms with van der Waals surface area (Å²) in [5.74, 6) is -3.27. The highest BCUT2D eigenvalue weighted by Gasteiger charge is 2.52. The monoisotopic (exact) mass is 564 g/mol. The van der Waals surface area contributed by atoms with E-state index in [9.17, 15) is 29.1 Å². The number of carboxylic acids is 1. The first-order valence-electron chi connectivity index (χ1n) is 13.7. The third-order valence-corrected chi connectivity index (χ3v) is 7.31. The molecule has 2 fully saturated rings. The van der Waals surface area contributed by atoms with Crippen molar-refractivity contribution in [2.45, 2.75) is 64.1 Å². The molecule has 2 heterocycles. The number of ether oxygens (including phenoxy) is 1. The van der Waals surface area contributed by atoms with Crippen molar-refractivity contribution in [1.29, 1.82) is 0 Å². The number of nitrogens with zero attached hydrogens (tertiary/aromatic N) is 2. The Hall–Kier alpha value is -4.41.